The van der Waals surface area contributed by atoms with Crippen LogP contribution in [-0.4, -0.2) is 29.7 Å². The van der Waals surface area contributed by atoms with Crippen LogP contribution < -0.4 is 5.32 Å². The Hall–Kier alpha value is -4.45. The van der Waals surface area contributed by atoms with Gasteiger partial charge in [-0.3, -0.25) is 4.98 Å². The SMILES string of the molecule is C[C@@H](c1ccncc1)[C@H](NC(=O)OCC1c2ccccc2-c2ccccc21)C(=O)OCc1ccccc1. The predicted molar refractivity (Wildman–Crippen MR) is 141 cm³/mol. The summed E-state index contributed by atoms with van der Waals surface area (Å²) in [5.74, 6) is -0.951. The second kappa shape index (κ2) is 11.1. The number of ether oxygens (including phenoxy) is 2. The van der Waals surface area contributed by atoms with E-state index in [1.807, 2.05) is 73.7 Å². The molecule has 2 atom stereocenters. The van der Waals surface area contributed by atoms with Crippen molar-refractivity contribution >= 4 is 12.1 Å². The lowest BCUT2D eigenvalue weighted by Gasteiger charge is -2.24. The molecule has 0 spiro atoms. The normalized spacial score (nSPS) is 13.6. The van der Waals surface area contributed by atoms with Crippen molar-refractivity contribution < 1.29 is 19.1 Å². The van der Waals surface area contributed by atoms with Crippen LogP contribution in [0.2, 0.25) is 0 Å². The zero-order chi connectivity index (χ0) is 25.6. The fraction of sp³-hybridized carbons (Fsp3) is 0.194. The number of rotatable bonds is 8. The molecule has 5 rings (SSSR count). The van der Waals surface area contributed by atoms with Crippen LogP contribution >= 0.6 is 0 Å². The summed E-state index contributed by atoms with van der Waals surface area (Å²) in [5, 5.41) is 2.77. The van der Waals surface area contributed by atoms with Gasteiger partial charge in [0, 0.05) is 24.2 Å². The molecule has 1 amide bonds. The Morgan fingerprint density at radius 1 is 0.811 bits per heavy atom. The first-order valence-corrected chi connectivity index (χ1v) is 12.3. The molecule has 0 bridgehead atoms. The molecular formula is C31H28N2O4. The molecule has 0 radical (unpaired) electrons. The maximum absolute atomic E-state index is 13.1. The minimum atomic E-state index is -0.929. The van der Waals surface area contributed by atoms with Crippen molar-refractivity contribution in [2.24, 2.45) is 0 Å². The summed E-state index contributed by atoms with van der Waals surface area (Å²) >= 11 is 0. The van der Waals surface area contributed by atoms with Gasteiger partial charge in [0.25, 0.3) is 0 Å². The van der Waals surface area contributed by atoms with Crippen LogP contribution in [0.15, 0.2) is 103 Å². The van der Waals surface area contributed by atoms with Crippen LogP contribution in [0.1, 0.15) is 41.0 Å². The lowest BCUT2D eigenvalue weighted by Crippen LogP contribution is -2.45. The van der Waals surface area contributed by atoms with E-state index in [1.54, 1.807) is 12.4 Å². The lowest BCUT2D eigenvalue weighted by atomic mass is 9.94. The lowest BCUT2D eigenvalue weighted by molar-refractivity contribution is -0.148. The van der Waals surface area contributed by atoms with E-state index in [1.165, 1.54) is 0 Å². The molecule has 4 aromatic rings. The van der Waals surface area contributed by atoms with Crippen LogP contribution in [0.3, 0.4) is 0 Å². The van der Waals surface area contributed by atoms with E-state index in [0.717, 1.165) is 33.4 Å². The number of amides is 1. The molecule has 0 saturated carbocycles. The topological polar surface area (TPSA) is 77.5 Å². The fourth-order valence-corrected chi connectivity index (χ4v) is 4.83. The molecule has 1 aliphatic rings. The van der Waals surface area contributed by atoms with E-state index in [4.69, 9.17) is 9.47 Å². The number of aromatic nitrogens is 1. The van der Waals surface area contributed by atoms with E-state index in [2.05, 4.69) is 34.6 Å². The standard InChI is InChI=1S/C31H28N2O4/c1-21(23-15-17-32-18-16-23)29(30(34)36-19-22-9-3-2-4-10-22)33-31(35)37-20-28-26-13-7-5-11-24(26)25-12-6-8-14-27(25)28/h2-18,21,28-29H,19-20H2,1H3,(H,33,35)/t21-,29-/m0/s1. The Kier molecular flexibility index (Phi) is 7.26. The van der Waals surface area contributed by atoms with E-state index in [0.29, 0.717) is 0 Å². The molecule has 37 heavy (non-hydrogen) atoms. The summed E-state index contributed by atoms with van der Waals surface area (Å²) in [6.07, 6.45) is 2.65. The van der Waals surface area contributed by atoms with Crippen LogP contribution in [-0.2, 0) is 20.9 Å². The number of hydrogen-bond donors (Lipinski definition) is 1. The summed E-state index contributed by atoms with van der Waals surface area (Å²) in [4.78, 5) is 30.2. The zero-order valence-electron chi connectivity index (χ0n) is 20.5. The molecule has 1 heterocycles. The van der Waals surface area contributed by atoms with Crippen LogP contribution in [0.4, 0.5) is 4.79 Å². The average molecular weight is 493 g/mol. The number of hydrogen-bond acceptors (Lipinski definition) is 5. The van der Waals surface area contributed by atoms with E-state index in [9.17, 15) is 9.59 Å². The van der Waals surface area contributed by atoms with Gasteiger partial charge in [0.2, 0.25) is 0 Å². The summed E-state index contributed by atoms with van der Waals surface area (Å²) in [5.41, 5.74) is 6.28. The van der Waals surface area contributed by atoms with Gasteiger partial charge in [-0.05, 0) is 45.5 Å². The quantitative estimate of drug-likeness (QED) is 0.313. The maximum Gasteiger partial charge on any atom is 0.407 e. The third kappa shape index (κ3) is 5.38. The molecule has 1 N–H and O–H groups in total. The highest BCUT2D eigenvalue weighted by Gasteiger charge is 2.32. The zero-order valence-corrected chi connectivity index (χ0v) is 20.5. The largest absolute Gasteiger partial charge is 0.459 e. The van der Waals surface area contributed by atoms with E-state index < -0.39 is 18.1 Å². The molecular weight excluding hydrogens is 464 g/mol. The highest BCUT2D eigenvalue weighted by Crippen LogP contribution is 2.44. The molecule has 6 heteroatoms. The van der Waals surface area contributed by atoms with Crippen molar-refractivity contribution in [3.8, 4) is 11.1 Å². The highest BCUT2D eigenvalue weighted by atomic mass is 16.6. The smallest absolute Gasteiger partial charge is 0.407 e. The van der Waals surface area contributed by atoms with Crippen LogP contribution in [0, 0.1) is 0 Å². The van der Waals surface area contributed by atoms with Crippen LogP contribution in [0.25, 0.3) is 11.1 Å². The molecule has 186 valence electrons. The van der Waals surface area contributed by atoms with Gasteiger partial charge >= 0.3 is 12.1 Å². The van der Waals surface area contributed by atoms with Gasteiger partial charge in [0.15, 0.2) is 0 Å². The van der Waals surface area contributed by atoms with Gasteiger partial charge in [-0.2, -0.15) is 0 Å². The summed E-state index contributed by atoms with van der Waals surface area (Å²) in [7, 11) is 0. The van der Waals surface area contributed by atoms with Gasteiger partial charge in [-0.15, -0.1) is 0 Å². The second-order valence-electron chi connectivity index (χ2n) is 9.11. The average Bonchev–Trinajstić information content (AvgIpc) is 3.28. The van der Waals surface area contributed by atoms with Crippen molar-refractivity contribution in [3.63, 3.8) is 0 Å². The second-order valence-corrected chi connectivity index (χ2v) is 9.11. The maximum atomic E-state index is 13.1. The third-order valence-electron chi connectivity index (χ3n) is 6.83. The van der Waals surface area contributed by atoms with Crippen molar-refractivity contribution in [1.82, 2.24) is 10.3 Å². The third-order valence-corrected chi connectivity index (χ3v) is 6.83. The number of fused-ring (bicyclic) bond motifs is 3. The molecule has 0 aliphatic heterocycles. The molecule has 0 fully saturated rings. The Bertz CT molecular complexity index is 1330. The van der Waals surface area contributed by atoms with Gasteiger partial charge in [-0.25, -0.2) is 9.59 Å². The first kappa shape index (κ1) is 24.3. The number of pyridine rings is 1. The van der Waals surface area contributed by atoms with Gasteiger partial charge in [0.05, 0.1) is 0 Å². The minimum Gasteiger partial charge on any atom is -0.459 e. The number of benzene rings is 3. The Morgan fingerprint density at radius 2 is 1.41 bits per heavy atom. The van der Waals surface area contributed by atoms with Crippen molar-refractivity contribution in [1.29, 1.82) is 0 Å². The molecule has 1 aliphatic carbocycles. The number of carbonyl (C=O) groups is 2. The molecule has 0 unspecified atom stereocenters. The van der Waals surface area contributed by atoms with Crippen molar-refractivity contribution in [2.75, 3.05) is 6.61 Å². The Balaban J connectivity index is 1.29. The van der Waals surface area contributed by atoms with Gasteiger partial charge < -0.3 is 14.8 Å². The monoisotopic (exact) mass is 492 g/mol. The summed E-state index contributed by atoms with van der Waals surface area (Å²) in [6, 6.07) is 28.5. The number of nitrogens with one attached hydrogen (secondary N) is 1. The summed E-state index contributed by atoms with van der Waals surface area (Å²) in [6.45, 7) is 2.15. The molecule has 1 aromatic heterocycles. The minimum absolute atomic E-state index is 0.0701. The molecule has 6 nitrogen and oxygen atoms in total. The van der Waals surface area contributed by atoms with E-state index in [-0.39, 0.29) is 25.0 Å². The first-order valence-electron chi connectivity index (χ1n) is 12.3. The van der Waals surface area contributed by atoms with Crippen molar-refractivity contribution in [3.05, 3.63) is 126 Å². The Labute approximate surface area is 216 Å². The fourth-order valence-electron chi connectivity index (χ4n) is 4.83. The number of carbonyl (C=O) groups excluding carboxylic acids is 2. The van der Waals surface area contributed by atoms with Crippen LogP contribution in [0.5, 0.6) is 0 Å². The molecule has 3 aromatic carbocycles. The number of alkyl carbamates (subject to hydrolysis) is 1. The van der Waals surface area contributed by atoms with E-state index >= 15 is 0 Å². The predicted octanol–water partition coefficient (Wildman–Crippen LogP) is 5.84. The van der Waals surface area contributed by atoms with Gasteiger partial charge in [-0.1, -0.05) is 85.8 Å². The highest BCUT2D eigenvalue weighted by molar-refractivity contribution is 5.83. The van der Waals surface area contributed by atoms with Crippen molar-refractivity contribution in [2.45, 2.75) is 31.4 Å². The molecule has 0 saturated heterocycles. The van der Waals surface area contributed by atoms with Gasteiger partial charge in [0.1, 0.15) is 19.3 Å². The number of nitrogens with zero attached hydrogens (tertiary/aromatic N) is 1. The number of esters is 1. The first-order chi connectivity index (χ1) is 18.1. The summed E-state index contributed by atoms with van der Waals surface area (Å²) < 4.78 is 11.3. The Morgan fingerprint density at radius 3 is 2.05 bits per heavy atom.